The zero-order valence-corrected chi connectivity index (χ0v) is 12.1. The molecule has 0 amide bonds. The Hall–Kier alpha value is -1.81. The number of aromatic nitrogens is 1. The topological polar surface area (TPSA) is 38.1 Å². The molecule has 0 fully saturated rings. The quantitative estimate of drug-likeness (QED) is 0.722. The van der Waals surface area contributed by atoms with Crippen LogP contribution in [0.4, 0.5) is 5.69 Å². The van der Waals surface area contributed by atoms with Gasteiger partial charge in [-0.25, -0.2) is 4.98 Å². The third-order valence-electron chi connectivity index (χ3n) is 3.06. The number of nitrogens with zero attached hydrogens (tertiary/aromatic N) is 1. The van der Waals surface area contributed by atoms with Crippen molar-refractivity contribution in [3.8, 4) is 0 Å². The van der Waals surface area contributed by atoms with Crippen LogP contribution in [0, 0.1) is 6.92 Å². The van der Waals surface area contributed by atoms with Gasteiger partial charge in [-0.05, 0) is 40.5 Å². The molecule has 2 aromatic heterocycles. The Morgan fingerprint density at radius 1 is 1.32 bits per heavy atom. The number of furan rings is 1. The number of rotatable bonds is 3. The van der Waals surface area contributed by atoms with E-state index in [1.54, 1.807) is 6.26 Å². The Morgan fingerprint density at radius 2 is 2.16 bits per heavy atom. The van der Waals surface area contributed by atoms with Gasteiger partial charge in [0.25, 0.3) is 0 Å². The van der Waals surface area contributed by atoms with Gasteiger partial charge in [0.1, 0.15) is 10.2 Å². The molecule has 0 aliphatic rings. The number of para-hydroxylation sites is 1. The van der Waals surface area contributed by atoms with E-state index in [-0.39, 0.29) is 0 Å². The van der Waals surface area contributed by atoms with Gasteiger partial charge in [-0.2, -0.15) is 0 Å². The normalized spacial score (nSPS) is 10.8. The fraction of sp³-hybridized carbons (Fsp3) is 0.133. The van der Waals surface area contributed by atoms with Gasteiger partial charge >= 0.3 is 0 Å². The van der Waals surface area contributed by atoms with Crippen molar-refractivity contribution < 1.29 is 4.42 Å². The number of hydrogen-bond acceptors (Lipinski definition) is 3. The summed E-state index contributed by atoms with van der Waals surface area (Å²) in [7, 11) is 0. The molecule has 96 valence electrons. The van der Waals surface area contributed by atoms with Gasteiger partial charge in [0.15, 0.2) is 0 Å². The van der Waals surface area contributed by atoms with Gasteiger partial charge in [0.05, 0.1) is 18.1 Å². The third-order valence-corrected chi connectivity index (χ3v) is 3.89. The van der Waals surface area contributed by atoms with Crippen molar-refractivity contribution in [2.45, 2.75) is 13.5 Å². The number of fused-ring (bicyclic) bond motifs is 1. The van der Waals surface area contributed by atoms with E-state index in [1.807, 2.05) is 31.3 Å². The zero-order valence-electron chi connectivity index (χ0n) is 10.5. The van der Waals surface area contributed by atoms with Crippen molar-refractivity contribution in [3.05, 3.63) is 58.5 Å². The third kappa shape index (κ3) is 2.49. The van der Waals surface area contributed by atoms with Crippen LogP contribution >= 0.6 is 15.9 Å². The van der Waals surface area contributed by atoms with Crippen LogP contribution in [-0.4, -0.2) is 4.98 Å². The summed E-state index contributed by atoms with van der Waals surface area (Å²) in [5.74, 6) is 0. The van der Waals surface area contributed by atoms with Crippen molar-refractivity contribution in [1.82, 2.24) is 4.98 Å². The molecule has 0 unspecified atom stereocenters. The van der Waals surface area contributed by atoms with Gasteiger partial charge in [-0.15, -0.1) is 0 Å². The van der Waals surface area contributed by atoms with Crippen LogP contribution < -0.4 is 5.32 Å². The zero-order chi connectivity index (χ0) is 13.2. The first kappa shape index (κ1) is 12.2. The van der Waals surface area contributed by atoms with Crippen molar-refractivity contribution in [1.29, 1.82) is 0 Å². The van der Waals surface area contributed by atoms with Crippen LogP contribution in [0.5, 0.6) is 0 Å². The summed E-state index contributed by atoms with van der Waals surface area (Å²) in [6.45, 7) is 2.75. The molecule has 2 heterocycles. The maximum absolute atomic E-state index is 5.52. The number of benzene rings is 1. The predicted molar refractivity (Wildman–Crippen MR) is 80.2 cm³/mol. The van der Waals surface area contributed by atoms with Crippen molar-refractivity contribution in [3.63, 3.8) is 0 Å². The average Bonchev–Trinajstić information content (AvgIpc) is 2.83. The molecule has 4 heteroatoms. The summed E-state index contributed by atoms with van der Waals surface area (Å²) in [5.41, 5.74) is 4.19. The molecule has 0 atom stereocenters. The summed E-state index contributed by atoms with van der Waals surface area (Å²) < 4.78 is 6.40. The Bertz CT molecular complexity index is 721. The van der Waals surface area contributed by atoms with Gasteiger partial charge in [0.2, 0.25) is 0 Å². The number of anilines is 1. The average molecular weight is 317 g/mol. The largest absolute Gasteiger partial charge is 0.464 e. The molecule has 0 aliphatic carbocycles. The van der Waals surface area contributed by atoms with E-state index in [4.69, 9.17) is 4.42 Å². The van der Waals surface area contributed by atoms with Crippen LogP contribution in [0.25, 0.3) is 11.0 Å². The fourth-order valence-electron chi connectivity index (χ4n) is 2.02. The lowest BCUT2D eigenvalue weighted by Crippen LogP contribution is -1.99. The smallest absolute Gasteiger partial charge is 0.134 e. The molecular formula is C15H13BrN2O. The minimum atomic E-state index is 0.722. The first-order chi connectivity index (χ1) is 9.24. The number of aryl methyl sites for hydroxylation is 1. The second-order valence-electron chi connectivity index (χ2n) is 4.44. The minimum Gasteiger partial charge on any atom is -0.464 e. The maximum Gasteiger partial charge on any atom is 0.134 e. The predicted octanol–water partition coefficient (Wildman–Crippen LogP) is 4.51. The molecule has 0 radical (unpaired) electrons. The minimum absolute atomic E-state index is 0.722. The van der Waals surface area contributed by atoms with Crippen LogP contribution in [-0.2, 0) is 6.54 Å². The monoisotopic (exact) mass is 316 g/mol. The van der Waals surface area contributed by atoms with Crippen molar-refractivity contribution in [2.24, 2.45) is 0 Å². The molecule has 0 aliphatic heterocycles. The van der Waals surface area contributed by atoms with E-state index in [0.717, 1.165) is 38.9 Å². The molecule has 1 aromatic carbocycles. The lowest BCUT2D eigenvalue weighted by molar-refractivity contribution is 0.611. The number of nitrogens with one attached hydrogen (secondary N) is 1. The standard InChI is InChI=1S/C15H13BrN2O/c1-10-6-12(8-18-15(10)16)17-7-11-9-19-14-5-3-2-4-13(11)14/h2-6,8-9,17H,7H2,1H3. The second kappa shape index (κ2) is 5.05. The second-order valence-corrected chi connectivity index (χ2v) is 5.19. The van der Waals surface area contributed by atoms with Crippen molar-refractivity contribution in [2.75, 3.05) is 5.32 Å². The molecule has 0 saturated heterocycles. The fourth-order valence-corrected chi connectivity index (χ4v) is 2.24. The van der Waals surface area contributed by atoms with Crippen LogP contribution in [0.3, 0.4) is 0 Å². The van der Waals surface area contributed by atoms with Crippen molar-refractivity contribution >= 4 is 32.6 Å². The van der Waals surface area contributed by atoms with Crippen LogP contribution in [0.1, 0.15) is 11.1 Å². The van der Waals surface area contributed by atoms with Gasteiger partial charge in [-0.1, -0.05) is 18.2 Å². The van der Waals surface area contributed by atoms with E-state index < -0.39 is 0 Å². The highest BCUT2D eigenvalue weighted by Crippen LogP contribution is 2.22. The first-order valence-corrected chi connectivity index (χ1v) is 6.84. The lowest BCUT2D eigenvalue weighted by atomic mass is 10.2. The van der Waals surface area contributed by atoms with Gasteiger partial charge in [-0.3, -0.25) is 0 Å². The van der Waals surface area contributed by atoms with E-state index in [0.29, 0.717) is 0 Å². The molecule has 1 N–H and O–H groups in total. The molecule has 0 bridgehead atoms. The van der Waals surface area contributed by atoms with E-state index in [1.165, 1.54) is 0 Å². The molecular weight excluding hydrogens is 304 g/mol. The number of hydrogen-bond donors (Lipinski definition) is 1. The lowest BCUT2D eigenvalue weighted by Gasteiger charge is -2.06. The summed E-state index contributed by atoms with van der Waals surface area (Å²) in [6.07, 6.45) is 3.62. The van der Waals surface area contributed by atoms with Crippen LogP contribution in [0.15, 0.2) is 51.8 Å². The Labute approximate surface area is 119 Å². The highest BCUT2D eigenvalue weighted by atomic mass is 79.9. The number of halogens is 1. The SMILES string of the molecule is Cc1cc(NCc2coc3ccccc23)cnc1Br. The number of pyridine rings is 1. The molecule has 3 aromatic rings. The molecule has 3 nitrogen and oxygen atoms in total. The molecule has 3 rings (SSSR count). The Balaban J connectivity index is 1.80. The van der Waals surface area contributed by atoms with E-state index >= 15 is 0 Å². The summed E-state index contributed by atoms with van der Waals surface area (Å²) in [4.78, 5) is 4.27. The summed E-state index contributed by atoms with van der Waals surface area (Å²) in [6, 6.07) is 10.1. The van der Waals surface area contributed by atoms with Gasteiger partial charge < -0.3 is 9.73 Å². The Kier molecular flexibility index (Phi) is 3.25. The molecule has 0 spiro atoms. The van der Waals surface area contributed by atoms with E-state index in [9.17, 15) is 0 Å². The maximum atomic E-state index is 5.52. The summed E-state index contributed by atoms with van der Waals surface area (Å²) in [5, 5.41) is 4.51. The highest BCUT2D eigenvalue weighted by molar-refractivity contribution is 9.10. The first-order valence-electron chi connectivity index (χ1n) is 6.05. The molecule has 19 heavy (non-hydrogen) atoms. The van der Waals surface area contributed by atoms with E-state index in [2.05, 4.69) is 38.4 Å². The highest BCUT2D eigenvalue weighted by Gasteiger charge is 2.05. The molecule has 0 saturated carbocycles. The van der Waals surface area contributed by atoms with Gasteiger partial charge in [0, 0.05) is 17.5 Å². The summed E-state index contributed by atoms with van der Waals surface area (Å²) >= 11 is 3.40. The van der Waals surface area contributed by atoms with Crippen LogP contribution in [0.2, 0.25) is 0 Å². The Morgan fingerprint density at radius 3 is 3.00 bits per heavy atom.